The van der Waals surface area contributed by atoms with Gasteiger partial charge >= 0.3 is 0 Å². The lowest BCUT2D eigenvalue weighted by Crippen LogP contribution is -1.89. The highest BCUT2D eigenvalue weighted by atomic mass is 16.3. The van der Waals surface area contributed by atoms with E-state index in [1.807, 2.05) is 24.3 Å². The van der Waals surface area contributed by atoms with Crippen molar-refractivity contribution in [1.29, 1.82) is 0 Å². The lowest BCUT2D eigenvalue weighted by atomic mass is 9.91. The van der Waals surface area contributed by atoms with Gasteiger partial charge in [-0.25, -0.2) is 0 Å². The Balaban J connectivity index is 2.09. The molecule has 0 spiro atoms. The van der Waals surface area contributed by atoms with Crippen molar-refractivity contribution < 1.29 is 10.2 Å². The molecule has 0 aromatic heterocycles. The van der Waals surface area contributed by atoms with Crippen molar-refractivity contribution in [2.24, 2.45) is 0 Å². The standard InChI is InChI=1S/C24H22O2/c1-3-15-5-9-19-17(13-15)7-11-21(25)23(19)24-20-10-6-16(4-2)14-18(20)8-12-22(24)26/h5-14,25-26H,3-4H2,1-2H3. The summed E-state index contributed by atoms with van der Waals surface area (Å²) in [6.45, 7) is 4.26. The molecule has 130 valence electrons. The van der Waals surface area contributed by atoms with Crippen LogP contribution in [0, 0.1) is 0 Å². The maximum absolute atomic E-state index is 10.7. The fraction of sp³-hybridized carbons (Fsp3) is 0.167. The molecule has 0 aliphatic carbocycles. The minimum absolute atomic E-state index is 0.184. The van der Waals surface area contributed by atoms with Crippen LogP contribution in [0.15, 0.2) is 60.7 Å². The first-order chi connectivity index (χ1) is 12.6. The lowest BCUT2D eigenvalue weighted by Gasteiger charge is -2.15. The third kappa shape index (κ3) is 2.59. The minimum Gasteiger partial charge on any atom is -0.507 e. The molecule has 0 atom stereocenters. The highest BCUT2D eigenvalue weighted by Gasteiger charge is 2.17. The Morgan fingerprint density at radius 2 is 1.00 bits per heavy atom. The van der Waals surface area contributed by atoms with E-state index in [4.69, 9.17) is 0 Å². The summed E-state index contributed by atoms with van der Waals surface area (Å²) in [5, 5.41) is 25.4. The van der Waals surface area contributed by atoms with Crippen molar-refractivity contribution >= 4 is 21.5 Å². The number of hydrogen-bond donors (Lipinski definition) is 2. The van der Waals surface area contributed by atoms with Gasteiger partial charge in [-0.05, 0) is 57.6 Å². The predicted octanol–water partition coefficient (Wildman–Crippen LogP) is 6.20. The van der Waals surface area contributed by atoms with E-state index in [9.17, 15) is 10.2 Å². The van der Waals surface area contributed by atoms with Crippen LogP contribution in [0.25, 0.3) is 32.7 Å². The summed E-state index contributed by atoms with van der Waals surface area (Å²) in [4.78, 5) is 0. The molecule has 0 saturated carbocycles. The summed E-state index contributed by atoms with van der Waals surface area (Å²) in [5.41, 5.74) is 3.89. The number of benzene rings is 4. The lowest BCUT2D eigenvalue weighted by molar-refractivity contribution is 0.470. The highest BCUT2D eigenvalue weighted by molar-refractivity contribution is 6.09. The molecule has 4 aromatic rings. The molecule has 0 amide bonds. The third-order valence-corrected chi connectivity index (χ3v) is 5.19. The second kappa shape index (κ2) is 6.38. The fourth-order valence-corrected chi connectivity index (χ4v) is 3.70. The monoisotopic (exact) mass is 342 g/mol. The van der Waals surface area contributed by atoms with Gasteiger partial charge in [0.25, 0.3) is 0 Å². The van der Waals surface area contributed by atoms with Crippen molar-refractivity contribution in [3.8, 4) is 22.6 Å². The van der Waals surface area contributed by atoms with Gasteiger partial charge in [0.05, 0.1) is 0 Å². The maximum atomic E-state index is 10.7. The molecule has 0 heterocycles. The van der Waals surface area contributed by atoms with E-state index in [1.54, 1.807) is 12.1 Å². The van der Waals surface area contributed by atoms with Crippen molar-refractivity contribution in [3.05, 3.63) is 71.8 Å². The van der Waals surface area contributed by atoms with Gasteiger partial charge in [-0.1, -0.05) is 62.4 Å². The summed E-state index contributed by atoms with van der Waals surface area (Å²) in [7, 11) is 0. The highest BCUT2D eigenvalue weighted by Crippen LogP contribution is 2.44. The molecule has 4 rings (SSSR count). The molecule has 0 radical (unpaired) electrons. The first-order valence-corrected chi connectivity index (χ1v) is 9.12. The van der Waals surface area contributed by atoms with Gasteiger partial charge in [-0.3, -0.25) is 0 Å². The molecule has 2 N–H and O–H groups in total. The molecular formula is C24H22O2. The molecule has 26 heavy (non-hydrogen) atoms. The molecule has 4 aromatic carbocycles. The Morgan fingerprint density at radius 1 is 0.577 bits per heavy atom. The predicted molar refractivity (Wildman–Crippen MR) is 109 cm³/mol. The van der Waals surface area contributed by atoms with Crippen LogP contribution in [0.2, 0.25) is 0 Å². The van der Waals surface area contributed by atoms with Gasteiger partial charge in [-0.2, -0.15) is 0 Å². The largest absolute Gasteiger partial charge is 0.507 e. The van der Waals surface area contributed by atoms with Crippen LogP contribution in [0.4, 0.5) is 0 Å². The molecule has 0 aliphatic rings. The summed E-state index contributed by atoms with van der Waals surface area (Å²) >= 11 is 0. The van der Waals surface area contributed by atoms with E-state index in [0.717, 1.165) is 34.4 Å². The Kier molecular flexibility index (Phi) is 4.04. The number of phenols is 2. The van der Waals surface area contributed by atoms with Crippen molar-refractivity contribution in [2.45, 2.75) is 26.7 Å². The Labute approximate surface area is 153 Å². The minimum atomic E-state index is 0.184. The van der Waals surface area contributed by atoms with Crippen molar-refractivity contribution in [3.63, 3.8) is 0 Å². The molecule has 0 fully saturated rings. The Bertz CT molecular complexity index is 1030. The van der Waals surface area contributed by atoms with Gasteiger partial charge in [0.1, 0.15) is 11.5 Å². The van der Waals surface area contributed by atoms with E-state index in [0.29, 0.717) is 11.1 Å². The number of phenolic OH excluding ortho intramolecular Hbond substituents is 2. The van der Waals surface area contributed by atoms with E-state index in [1.165, 1.54) is 11.1 Å². The van der Waals surface area contributed by atoms with Crippen LogP contribution in [0.5, 0.6) is 11.5 Å². The summed E-state index contributed by atoms with van der Waals surface area (Å²) in [6, 6.07) is 19.9. The smallest absolute Gasteiger partial charge is 0.124 e. The van der Waals surface area contributed by atoms with E-state index in [-0.39, 0.29) is 11.5 Å². The normalized spacial score (nSPS) is 11.3. The molecule has 2 nitrogen and oxygen atoms in total. The number of aryl methyl sites for hydroxylation is 2. The topological polar surface area (TPSA) is 40.5 Å². The van der Waals surface area contributed by atoms with Crippen LogP contribution >= 0.6 is 0 Å². The Hall–Kier alpha value is -3.00. The van der Waals surface area contributed by atoms with Crippen molar-refractivity contribution in [1.82, 2.24) is 0 Å². The zero-order valence-electron chi connectivity index (χ0n) is 15.1. The van der Waals surface area contributed by atoms with Gasteiger partial charge < -0.3 is 10.2 Å². The summed E-state index contributed by atoms with van der Waals surface area (Å²) in [5.74, 6) is 0.369. The van der Waals surface area contributed by atoms with E-state index in [2.05, 4.69) is 38.1 Å². The van der Waals surface area contributed by atoms with Crippen LogP contribution in [-0.2, 0) is 12.8 Å². The first-order valence-electron chi connectivity index (χ1n) is 9.12. The molecular weight excluding hydrogens is 320 g/mol. The quantitative estimate of drug-likeness (QED) is 0.465. The number of aromatic hydroxyl groups is 2. The van der Waals surface area contributed by atoms with Gasteiger partial charge in [0.2, 0.25) is 0 Å². The number of rotatable bonds is 3. The van der Waals surface area contributed by atoms with Gasteiger partial charge in [-0.15, -0.1) is 0 Å². The maximum Gasteiger partial charge on any atom is 0.124 e. The molecule has 0 aliphatic heterocycles. The van der Waals surface area contributed by atoms with Crippen LogP contribution < -0.4 is 0 Å². The zero-order chi connectivity index (χ0) is 18.3. The van der Waals surface area contributed by atoms with E-state index >= 15 is 0 Å². The summed E-state index contributed by atoms with van der Waals surface area (Å²) in [6.07, 6.45) is 1.93. The summed E-state index contributed by atoms with van der Waals surface area (Å²) < 4.78 is 0. The SMILES string of the molecule is CCc1ccc2c(-c3c(O)ccc4cc(CC)ccc34)c(O)ccc2c1. The first kappa shape index (κ1) is 16.5. The average Bonchev–Trinajstić information content (AvgIpc) is 2.68. The molecule has 0 saturated heterocycles. The zero-order valence-corrected chi connectivity index (χ0v) is 15.1. The fourth-order valence-electron chi connectivity index (χ4n) is 3.70. The second-order valence-corrected chi connectivity index (χ2v) is 6.74. The second-order valence-electron chi connectivity index (χ2n) is 6.74. The molecule has 2 heteroatoms. The van der Waals surface area contributed by atoms with Crippen LogP contribution in [-0.4, -0.2) is 10.2 Å². The Morgan fingerprint density at radius 3 is 1.38 bits per heavy atom. The number of fused-ring (bicyclic) bond motifs is 2. The number of hydrogen-bond acceptors (Lipinski definition) is 2. The molecule has 0 unspecified atom stereocenters. The average molecular weight is 342 g/mol. The van der Waals surface area contributed by atoms with Gasteiger partial charge in [0, 0.05) is 11.1 Å². The van der Waals surface area contributed by atoms with Crippen LogP contribution in [0.1, 0.15) is 25.0 Å². The van der Waals surface area contributed by atoms with E-state index < -0.39 is 0 Å². The van der Waals surface area contributed by atoms with Crippen LogP contribution in [0.3, 0.4) is 0 Å². The molecule has 0 bridgehead atoms. The van der Waals surface area contributed by atoms with Gasteiger partial charge in [0.15, 0.2) is 0 Å². The third-order valence-electron chi connectivity index (χ3n) is 5.19. The van der Waals surface area contributed by atoms with Crippen molar-refractivity contribution in [2.75, 3.05) is 0 Å².